The van der Waals surface area contributed by atoms with Gasteiger partial charge in [-0.1, -0.05) is 23.7 Å². The van der Waals surface area contributed by atoms with Crippen LogP contribution in [-0.4, -0.2) is 18.7 Å². The van der Waals surface area contributed by atoms with Crippen LogP contribution in [0.4, 0.5) is 0 Å². The summed E-state index contributed by atoms with van der Waals surface area (Å²) in [6.07, 6.45) is 0. The highest BCUT2D eigenvalue weighted by molar-refractivity contribution is 6.32. The molecule has 0 radical (unpaired) electrons. The molecule has 3 rings (SSSR count). The van der Waals surface area contributed by atoms with E-state index in [2.05, 4.69) is 4.98 Å². The first-order valence-corrected chi connectivity index (χ1v) is 6.84. The van der Waals surface area contributed by atoms with Gasteiger partial charge in [-0.05, 0) is 12.1 Å². The third kappa shape index (κ3) is 2.01. The molecule has 22 heavy (non-hydrogen) atoms. The topological polar surface area (TPSA) is 71.1 Å². The highest BCUT2D eigenvalue weighted by Crippen LogP contribution is 2.29. The number of nitrogens with zero attached hydrogens (tertiary/aromatic N) is 4. The molecule has 1 aromatic carbocycles. The molecule has 0 fully saturated rings. The Balaban J connectivity index is 2.26. The van der Waals surface area contributed by atoms with Crippen molar-refractivity contribution in [2.45, 2.75) is 0 Å². The van der Waals surface area contributed by atoms with Crippen LogP contribution in [0.1, 0.15) is 0 Å². The number of fused-ring (bicyclic) bond motifs is 1. The van der Waals surface area contributed by atoms with Crippen LogP contribution in [0.15, 0.2) is 33.9 Å². The Morgan fingerprint density at radius 1 is 1.05 bits per heavy atom. The summed E-state index contributed by atoms with van der Waals surface area (Å²) >= 11 is 6.06. The molecule has 0 amide bonds. The maximum Gasteiger partial charge on any atom is 0.332 e. The average Bonchev–Trinajstić information content (AvgIpc) is 2.82. The molecule has 0 aliphatic heterocycles. The van der Waals surface area contributed by atoms with Gasteiger partial charge in [-0.2, -0.15) is 4.98 Å². The Morgan fingerprint density at radius 2 is 1.73 bits per heavy atom. The summed E-state index contributed by atoms with van der Waals surface area (Å²) in [7, 11) is 4.65. The summed E-state index contributed by atoms with van der Waals surface area (Å²) in [5.41, 5.74) is -0.350. The molecule has 0 saturated carbocycles. The lowest BCUT2D eigenvalue weighted by Gasteiger charge is -2.07. The molecule has 8 heteroatoms. The van der Waals surface area contributed by atoms with Gasteiger partial charge in [-0.25, -0.2) is 4.79 Å². The molecule has 0 aliphatic rings. The van der Waals surface area contributed by atoms with Crippen molar-refractivity contribution in [2.24, 2.45) is 21.1 Å². The van der Waals surface area contributed by atoms with Crippen LogP contribution >= 0.6 is 11.6 Å². The van der Waals surface area contributed by atoms with Crippen LogP contribution in [0, 0.1) is 0 Å². The van der Waals surface area contributed by atoms with E-state index in [1.165, 1.54) is 11.6 Å². The molecular weight excluding hydrogens is 308 g/mol. The normalized spacial score (nSPS) is 11.1. The minimum Gasteiger partial charge on any atom is -0.424 e. The van der Waals surface area contributed by atoms with Gasteiger partial charge in [0.05, 0.1) is 5.02 Å². The van der Waals surface area contributed by atoms with Crippen LogP contribution in [0.2, 0.25) is 5.02 Å². The number of rotatable bonds is 2. The van der Waals surface area contributed by atoms with Crippen LogP contribution in [0.3, 0.4) is 0 Å². The second kappa shape index (κ2) is 5.03. The zero-order valence-electron chi connectivity index (χ0n) is 12.2. The van der Waals surface area contributed by atoms with E-state index in [-0.39, 0.29) is 11.5 Å². The Morgan fingerprint density at radius 3 is 2.41 bits per heavy atom. The Kier molecular flexibility index (Phi) is 3.29. The first-order valence-electron chi connectivity index (χ1n) is 6.46. The lowest BCUT2D eigenvalue weighted by Crippen LogP contribution is -2.37. The van der Waals surface area contributed by atoms with Crippen molar-refractivity contribution in [1.82, 2.24) is 18.7 Å². The lowest BCUT2D eigenvalue weighted by molar-refractivity contribution is 0.427. The molecule has 0 N–H and O–H groups in total. The fourth-order valence-electron chi connectivity index (χ4n) is 2.28. The van der Waals surface area contributed by atoms with Gasteiger partial charge in [-0.3, -0.25) is 18.5 Å². The minimum atomic E-state index is -0.470. The van der Waals surface area contributed by atoms with Crippen molar-refractivity contribution < 1.29 is 4.74 Å². The summed E-state index contributed by atoms with van der Waals surface area (Å²) in [5, 5.41) is 0.427. The molecule has 0 atom stereocenters. The van der Waals surface area contributed by atoms with Crippen molar-refractivity contribution in [1.29, 1.82) is 0 Å². The smallest absolute Gasteiger partial charge is 0.332 e. The van der Waals surface area contributed by atoms with Gasteiger partial charge in [0, 0.05) is 21.1 Å². The van der Waals surface area contributed by atoms with Gasteiger partial charge in [0.25, 0.3) is 5.56 Å². The zero-order chi connectivity index (χ0) is 16.0. The maximum absolute atomic E-state index is 12.2. The lowest BCUT2D eigenvalue weighted by atomic mass is 10.3. The zero-order valence-corrected chi connectivity index (χ0v) is 13.0. The number of ether oxygens (including phenoxy) is 1. The van der Waals surface area contributed by atoms with Gasteiger partial charge in [-0.15, -0.1) is 0 Å². The molecule has 0 bridgehead atoms. The second-order valence-corrected chi connectivity index (χ2v) is 5.27. The summed E-state index contributed by atoms with van der Waals surface area (Å²) in [4.78, 5) is 28.4. The second-order valence-electron chi connectivity index (χ2n) is 4.86. The van der Waals surface area contributed by atoms with Gasteiger partial charge in [0.1, 0.15) is 5.75 Å². The highest BCUT2D eigenvalue weighted by Gasteiger charge is 2.18. The summed E-state index contributed by atoms with van der Waals surface area (Å²) in [6, 6.07) is 7.12. The fourth-order valence-corrected chi connectivity index (χ4v) is 2.45. The standard InChI is InChI=1S/C14H13ClN4O3/c1-17-11-10(12(20)19(3)14(21)18(11)2)16-13(17)22-9-7-5-4-6-8(9)15/h4-7H,1-3H3. The van der Waals surface area contributed by atoms with Crippen LogP contribution in [-0.2, 0) is 21.1 Å². The van der Waals surface area contributed by atoms with Crippen molar-refractivity contribution in [3.8, 4) is 11.8 Å². The van der Waals surface area contributed by atoms with Crippen molar-refractivity contribution >= 4 is 22.8 Å². The van der Waals surface area contributed by atoms with E-state index in [9.17, 15) is 9.59 Å². The van der Waals surface area contributed by atoms with Crippen molar-refractivity contribution in [3.05, 3.63) is 50.1 Å². The molecule has 0 aliphatic carbocycles. The first kappa shape index (κ1) is 14.4. The van der Waals surface area contributed by atoms with Gasteiger partial charge < -0.3 is 4.74 Å². The fraction of sp³-hybridized carbons (Fsp3) is 0.214. The number of aromatic nitrogens is 4. The summed E-state index contributed by atoms with van der Waals surface area (Å²) < 4.78 is 9.57. The molecule has 2 aromatic heterocycles. The number of aryl methyl sites for hydroxylation is 2. The largest absolute Gasteiger partial charge is 0.424 e. The summed E-state index contributed by atoms with van der Waals surface area (Å²) in [5.74, 6) is 0.421. The van der Waals surface area contributed by atoms with E-state index in [1.54, 1.807) is 42.9 Å². The van der Waals surface area contributed by atoms with Crippen molar-refractivity contribution in [3.63, 3.8) is 0 Å². The van der Waals surface area contributed by atoms with E-state index in [4.69, 9.17) is 16.3 Å². The van der Waals surface area contributed by atoms with E-state index in [0.29, 0.717) is 16.4 Å². The molecule has 0 unspecified atom stereocenters. The molecule has 114 valence electrons. The molecule has 0 saturated heterocycles. The Labute approximate surface area is 130 Å². The van der Waals surface area contributed by atoms with Crippen LogP contribution in [0.25, 0.3) is 11.2 Å². The Hall–Kier alpha value is -2.54. The number of imidazole rings is 1. The molecule has 0 spiro atoms. The molecule has 3 aromatic rings. The predicted octanol–water partition coefficient (Wildman–Crippen LogP) is 1.42. The quantitative estimate of drug-likeness (QED) is 0.716. The van der Waals surface area contributed by atoms with E-state index >= 15 is 0 Å². The number of benzene rings is 1. The maximum atomic E-state index is 12.2. The monoisotopic (exact) mass is 320 g/mol. The number of hydrogen-bond acceptors (Lipinski definition) is 4. The molecular formula is C14H13ClN4O3. The number of para-hydroxylation sites is 1. The Bertz CT molecular complexity index is 1000. The number of hydrogen-bond donors (Lipinski definition) is 0. The minimum absolute atomic E-state index is 0.161. The van der Waals surface area contributed by atoms with E-state index < -0.39 is 11.2 Å². The SMILES string of the molecule is Cn1c(=O)c2nc(Oc3ccccc3Cl)n(C)c2n(C)c1=O. The predicted molar refractivity (Wildman–Crippen MR) is 82.7 cm³/mol. The van der Waals surface area contributed by atoms with E-state index in [1.807, 2.05) is 0 Å². The third-order valence-corrected chi connectivity index (χ3v) is 3.77. The third-order valence-electron chi connectivity index (χ3n) is 3.46. The van der Waals surface area contributed by atoms with Crippen LogP contribution in [0.5, 0.6) is 11.8 Å². The highest BCUT2D eigenvalue weighted by atomic mass is 35.5. The number of halogens is 1. The molecule has 7 nitrogen and oxygen atoms in total. The first-order chi connectivity index (χ1) is 10.4. The van der Waals surface area contributed by atoms with Crippen LogP contribution < -0.4 is 16.0 Å². The van der Waals surface area contributed by atoms with Gasteiger partial charge >= 0.3 is 11.7 Å². The average molecular weight is 321 g/mol. The van der Waals surface area contributed by atoms with Gasteiger partial charge in [0.2, 0.25) is 0 Å². The van der Waals surface area contributed by atoms with E-state index in [0.717, 1.165) is 4.57 Å². The molecule has 2 heterocycles. The van der Waals surface area contributed by atoms with Gasteiger partial charge in [0.15, 0.2) is 11.2 Å². The van der Waals surface area contributed by atoms with Crippen molar-refractivity contribution in [2.75, 3.05) is 0 Å². The summed E-state index contributed by atoms with van der Waals surface area (Å²) in [6.45, 7) is 0.